The van der Waals surface area contributed by atoms with E-state index in [2.05, 4.69) is 46.9 Å². The molecule has 13 nitrogen and oxygen atoms in total. The van der Waals surface area contributed by atoms with Gasteiger partial charge in [0.15, 0.2) is 11.6 Å². The fourth-order valence-corrected chi connectivity index (χ4v) is 12.4. The second-order valence-corrected chi connectivity index (χ2v) is 22.6. The molecule has 18 atom stereocenters. The summed E-state index contributed by atoms with van der Waals surface area (Å²) >= 11 is 0. The largest absolute Gasteiger partial charge is 0.481 e. The summed E-state index contributed by atoms with van der Waals surface area (Å²) in [7, 11) is 0. The maximum Gasteiger partial charge on any atom is 0.318 e. The number of Topliss-reactive ketones (excluding diaryl/α,β-unsaturated/α-hetero) is 1. The lowest BCUT2D eigenvalue weighted by Gasteiger charge is -2.55. The molecule has 6 aliphatic rings. The molecule has 1 unspecified atom stereocenters. The third-order valence-electron chi connectivity index (χ3n) is 18.0. The summed E-state index contributed by atoms with van der Waals surface area (Å²) < 4.78 is 35.1. The standard InChI is InChI=1S/C51H86N2O11/c1-14-36(44(56)57)38-18-17-31(5)48(13,61-38)34(8)41(54)33(7)42(55)37(15-2)43-30(4)29-32(6)50(62-43)22-19-39(52-45(58)53-27-25-46(10,11)26-28-53)51(64-50)24-23-47(12,63-51)40-20-21-49(59,16-3)35(9)60-40/h19,22,30-41,43,54,59H,14-18,20-21,23-29H2,1-13H3,(H,52,58)(H,56,57)/t30-,31-,32+,33-,34-,35-,36+,37-,38+,39+,40+,41+,43-,47-,48?,49+,50-,51-/m0/s1. The molecular weight excluding hydrogens is 817 g/mol. The minimum atomic E-state index is -1.31. The number of hydrogen-bond acceptors (Lipinski definition) is 10. The van der Waals surface area contributed by atoms with Gasteiger partial charge in [0.1, 0.15) is 11.8 Å². The highest BCUT2D eigenvalue weighted by atomic mass is 16.8. The van der Waals surface area contributed by atoms with Crippen molar-refractivity contribution in [2.24, 2.45) is 46.8 Å². The Morgan fingerprint density at radius 2 is 1.50 bits per heavy atom. The van der Waals surface area contributed by atoms with Gasteiger partial charge in [0, 0.05) is 43.2 Å². The summed E-state index contributed by atoms with van der Waals surface area (Å²) in [5, 5.41) is 36.6. The smallest absolute Gasteiger partial charge is 0.318 e. The van der Waals surface area contributed by atoms with Crippen molar-refractivity contribution < 1.29 is 53.4 Å². The normalized spacial score (nSPS) is 43.6. The number of likely N-dealkylation sites (tertiary alicyclic amines) is 1. The molecule has 2 spiro atoms. The van der Waals surface area contributed by atoms with Crippen molar-refractivity contribution in [3.8, 4) is 0 Å². The first-order valence-electron chi connectivity index (χ1n) is 25.2. The topological polar surface area (TPSA) is 173 Å². The lowest BCUT2D eigenvalue weighted by molar-refractivity contribution is -0.398. The van der Waals surface area contributed by atoms with E-state index in [-0.39, 0.29) is 47.2 Å². The summed E-state index contributed by atoms with van der Waals surface area (Å²) in [5.41, 5.74) is -2.36. The van der Waals surface area contributed by atoms with Crippen molar-refractivity contribution >= 4 is 17.8 Å². The van der Waals surface area contributed by atoms with E-state index in [9.17, 15) is 29.7 Å². The number of aliphatic hydroxyl groups excluding tert-OH is 1. The van der Waals surface area contributed by atoms with Gasteiger partial charge in [0.25, 0.3) is 0 Å². The molecule has 0 saturated carbocycles. The number of ketones is 1. The molecule has 6 heterocycles. The molecule has 0 aromatic carbocycles. The monoisotopic (exact) mass is 903 g/mol. The van der Waals surface area contributed by atoms with Gasteiger partial charge >= 0.3 is 12.0 Å². The van der Waals surface area contributed by atoms with Crippen molar-refractivity contribution in [2.75, 3.05) is 13.1 Å². The highest BCUT2D eigenvalue weighted by molar-refractivity contribution is 5.84. The number of nitrogens with zero attached hydrogens (tertiary/aromatic N) is 1. The van der Waals surface area contributed by atoms with E-state index in [1.165, 1.54) is 0 Å². The van der Waals surface area contributed by atoms with E-state index in [4.69, 9.17) is 23.7 Å². The summed E-state index contributed by atoms with van der Waals surface area (Å²) in [6.45, 7) is 27.6. The van der Waals surface area contributed by atoms with Gasteiger partial charge in [-0.3, -0.25) is 9.59 Å². The number of carboxylic acid groups (broad SMARTS) is 1. The summed E-state index contributed by atoms with van der Waals surface area (Å²) in [5.74, 6) is -6.09. The zero-order valence-electron chi connectivity index (χ0n) is 41.6. The minimum absolute atomic E-state index is 0.0174. The van der Waals surface area contributed by atoms with Crippen LogP contribution in [0, 0.1) is 46.8 Å². The van der Waals surface area contributed by atoms with E-state index in [1.54, 1.807) is 6.92 Å². The first kappa shape index (κ1) is 51.3. The zero-order chi connectivity index (χ0) is 47.4. The van der Waals surface area contributed by atoms with Gasteiger partial charge < -0.3 is 49.2 Å². The Labute approximate surface area is 384 Å². The Kier molecular flexibility index (Phi) is 15.3. The molecule has 366 valence electrons. The molecule has 5 fully saturated rings. The second kappa shape index (κ2) is 19.1. The van der Waals surface area contributed by atoms with Crippen LogP contribution in [0.15, 0.2) is 12.2 Å². The molecule has 0 radical (unpaired) electrons. The fraction of sp³-hybridized carbons (Fsp3) is 0.902. The Hall–Kier alpha value is -2.13. The van der Waals surface area contributed by atoms with E-state index in [1.807, 2.05) is 58.6 Å². The Morgan fingerprint density at radius 1 is 0.844 bits per heavy atom. The Balaban J connectivity index is 1.25. The SMILES string of the molecule is CC[C@@H](C(=O)[C@@H](C)[C@@H](O)[C@H](C)C1(C)O[C@@H]([C@@H](CC)C(=O)O)CC[C@@H]1C)[C@H]1O[C@]2(C=C[C@@H](NC(=O)N3CCC(C)(C)CC3)[C@]3(CC[C@@](C)([C@H]4CC[C@](O)(CC)[C@H](C)O4)O3)O2)[C@H](C)C[C@@H]1C. The predicted molar refractivity (Wildman–Crippen MR) is 244 cm³/mol. The number of amides is 2. The lowest BCUT2D eigenvalue weighted by atomic mass is 9.68. The molecular formula is C51H86N2O11. The van der Waals surface area contributed by atoms with Crippen LogP contribution in [-0.4, -0.2) is 116 Å². The molecule has 64 heavy (non-hydrogen) atoms. The Bertz CT molecular complexity index is 1700. The maximum atomic E-state index is 14.8. The van der Waals surface area contributed by atoms with Crippen molar-refractivity contribution in [3.05, 3.63) is 12.2 Å². The van der Waals surface area contributed by atoms with Gasteiger partial charge in [-0.1, -0.05) is 75.3 Å². The molecule has 0 bridgehead atoms. The highest BCUT2D eigenvalue weighted by Gasteiger charge is 2.64. The molecule has 4 N–H and O–H groups in total. The third-order valence-corrected chi connectivity index (χ3v) is 18.0. The number of urea groups is 1. The van der Waals surface area contributed by atoms with Crippen LogP contribution >= 0.6 is 0 Å². The fourth-order valence-electron chi connectivity index (χ4n) is 12.4. The predicted octanol–water partition coefficient (Wildman–Crippen LogP) is 8.42. The van der Waals surface area contributed by atoms with Gasteiger partial charge in [0.2, 0.25) is 0 Å². The van der Waals surface area contributed by atoms with Crippen LogP contribution in [0.25, 0.3) is 0 Å². The van der Waals surface area contributed by atoms with Gasteiger partial charge in [-0.2, -0.15) is 0 Å². The van der Waals surface area contributed by atoms with Crippen LogP contribution in [0.5, 0.6) is 0 Å². The van der Waals surface area contributed by atoms with Crippen LogP contribution in [0.3, 0.4) is 0 Å². The molecule has 6 aliphatic heterocycles. The molecule has 0 aliphatic carbocycles. The molecule has 13 heteroatoms. The number of carboxylic acids is 1. The molecule has 2 amide bonds. The number of aliphatic carboxylic acids is 1. The quantitative estimate of drug-likeness (QED) is 0.131. The van der Waals surface area contributed by atoms with Crippen molar-refractivity contribution in [2.45, 2.75) is 232 Å². The minimum Gasteiger partial charge on any atom is -0.481 e. The summed E-state index contributed by atoms with van der Waals surface area (Å²) in [4.78, 5) is 42.9. The van der Waals surface area contributed by atoms with Crippen molar-refractivity contribution in [1.29, 1.82) is 0 Å². The van der Waals surface area contributed by atoms with Gasteiger partial charge in [-0.05, 0) is 115 Å². The van der Waals surface area contributed by atoms with Gasteiger partial charge in [-0.25, -0.2) is 4.79 Å². The number of aliphatic hydroxyl groups is 2. The number of ether oxygens (including phenoxy) is 5. The van der Waals surface area contributed by atoms with E-state index >= 15 is 0 Å². The highest BCUT2D eigenvalue weighted by Crippen LogP contribution is 2.54. The average molecular weight is 903 g/mol. The molecule has 5 saturated heterocycles. The van der Waals surface area contributed by atoms with E-state index < -0.39 is 82.4 Å². The van der Waals surface area contributed by atoms with Gasteiger partial charge in [-0.15, -0.1) is 0 Å². The van der Waals surface area contributed by atoms with Crippen LogP contribution in [0.1, 0.15) is 167 Å². The average Bonchev–Trinajstić information content (AvgIpc) is 3.59. The van der Waals surface area contributed by atoms with Crippen LogP contribution in [-0.2, 0) is 33.3 Å². The van der Waals surface area contributed by atoms with Crippen molar-refractivity contribution in [3.63, 3.8) is 0 Å². The second-order valence-electron chi connectivity index (χ2n) is 22.6. The van der Waals surface area contributed by atoms with Crippen LogP contribution in [0.2, 0.25) is 0 Å². The van der Waals surface area contributed by atoms with Crippen LogP contribution in [0.4, 0.5) is 4.79 Å². The molecule has 6 rings (SSSR count). The summed E-state index contributed by atoms with van der Waals surface area (Å²) in [6, 6.07) is -0.804. The van der Waals surface area contributed by atoms with Crippen molar-refractivity contribution in [1.82, 2.24) is 10.2 Å². The molecule has 0 aromatic heterocycles. The van der Waals surface area contributed by atoms with Crippen LogP contribution < -0.4 is 5.32 Å². The number of hydrogen-bond donors (Lipinski definition) is 4. The molecule has 0 aromatic rings. The number of carbonyl (C=O) groups is 3. The summed E-state index contributed by atoms with van der Waals surface area (Å²) in [6.07, 6.45) is 8.88. The first-order valence-corrected chi connectivity index (χ1v) is 25.2. The number of nitrogens with one attached hydrogen (secondary N) is 1. The van der Waals surface area contributed by atoms with E-state index in [0.717, 1.165) is 19.3 Å². The van der Waals surface area contributed by atoms with E-state index in [0.29, 0.717) is 70.9 Å². The zero-order valence-corrected chi connectivity index (χ0v) is 41.6. The lowest BCUT2D eigenvalue weighted by Crippen LogP contribution is -2.66. The van der Waals surface area contributed by atoms with Gasteiger partial charge in [0.05, 0.1) is 53.2 Å². The number of piperidine rings is 1. The maximum absolute atomic E-state index is 14.8. The first-order chi connectivity index (χ1) is 29.8. The number of rotatable bonds is 13. The third kappa shape index (κ3) is 9.62. The number of carbonyl (C=O) groups excluding carboxylic acids is 2. The Morgan fingerprint density at radius 3 is 2.09 bits per heavy atom.